The first-order valence-electron chi connectivity index (χ1n) is 12.2. The molecule has 6 rings (SSSR count). The number of aromatic nitrogens is 4. The minimum absolute atomic E-state index is 0.659. The van der Waals surface area contributed by atoms with E-state index in [1.807, 2.05) is 31.3 Å². The number of benzene rings is 4. The van der Waals surface area contributed by atoms with Crippen molar-refractivity contribution in [2.75, 3.05) is 0 Å². The van der Waals surface area contributed by atoms with Gasteiger partial charge in [-0.3, -0.25) is 4.98 Å². The molecule has 2 aromatic heterocycles. The lowest BCUT2D eigenvalue weighted by atomic mass is 9.96. The molecule has 37 heavy (non-hydrogen) atoms. The lowest BCUT2D eigenvalue weighted by Gasteiger charge is -2.12. The summed E-state index contributed by atoms with van der Waals surface area (Å²) < 4.78 is 0. The highest BCUT2D eigenvalue weighted by Gasteiger charge is 2.13. The molecule has 0 atom stereocenters. The molecular weight excluding hydrogens is 452 g/mol. The van der Waals surface area contributed by atoms with Crippen LogP contribution in [0.5, 0.6) is 0 Å². The standard InChI is InChI=1S/C33H24N4/c1-23-35-32(27-16-14-26(15-17-27)28-13-8-18-34-22-28)37-33(36-23)31-20-29(24-9-4-2-5-10-24)19-30(21-31)25-11-6-3-7-12-25/h2-22H,1H3. The summed E-state index contributed by atoms with van der Waals surface area (Å²) in [5.41, 5.74) is 8.63. The van der Waals surface area contributed by atoms with E-state index in [1.54, 1.807) is 6.20 Å². The average Bonchev–Trinajstić information content (AvgIpc) is 2.98. The minimum Gasteiger partial charge on any atom is -0.264 e. The van der Waals surface area contributed by atoms with Crippen molar-refractivity contribution in [2.45, 2.75) is 6.92 Å². The van der Waals surface area contributed by atoms with Gasteiger partial charge in [-0.05, 0) is 64.6 Å². The molecular formula is C33H24N4. The fraction of sp³-hybridized carbons (Fsp3) is 0.0303. The molecule has 0 fully saturated rings. The number of pyridine rings is 1. The molecule has 0 aliphatic heterocycles. The van der Waals surface area contributed by atoms with Crippen LogP contribution in [0.2, 0.25) is 0 Å². The van der Waals surface area contributed by atoms with Crippen LogP contribution in [-0.2, 0) is 0 Å². The molecule has 0 unspecified atom stereocenters. The predicted octanol–water partition coefficient (Wildman–Crippen LogP) is 7.91. The Bertz CT molecular complexity index is 1590. The van der Waals surface area contributed by atoms with Gasteiger partial charge in [-0.1, -0.05) is 91.0 Å². The third-order valence-electron chi connectivity index (χ3n) is 6.29. The van der Waals surface area contributed by atoms with Gasteiger partial charge in [0, 0.05) is 23.5 Å². The van der Waals surface area contributed by atoms with Gasteiger partial charge in [0.1, 0.15) is 5.82 Å². The van der Waals surface area contributed by atoms with Gasteiger partial charge in [0.25, 0.3) is 0 Å². The Balaban J connectivity index is 1.44. The van der Waals surface area contributed by atoms with E-state index >= 15 is 0 Å². The van der Waals surface area contributed by atoms with Gasteiger partial charge in [0.05, 0.1) is 0 Å². The lowest BCUT2D eigenvalue weighted by molar-refractivity contribution is 0.992. The number of nitrogens with zero attached hydrogens (tertiary/aromatic N) is 4. The maximum Gasteiger partial charge on any atom is 0.163 e. The molecule has 0 saturated heterocycles. The third-order valence-corrected chi connectivity index (χ3v) is 6.29. The Morgan fingerprint density at radius 1 is 0.405 bits per heavy atom. The summed E-state index contributed by atoms with van der Waals surface area (Å²) in [5.74, 6) is 2.00. The van der Waals surface area contributed by atoms with Crippen molar-refractivity contribution in [1.82, 2.24) is 19.9 Å². The maximum atomic E-state index is 4.91. The molecule has 0 aliphatic rings. The first-order chi connectivity index (χ1) is 18.2. The van der Waals surface area contributed by atoms with E-state index < -0.39 is 0 Å². The molecule has 0 saturated carbocycles. The molecule has 0 aliphatic carbocycles. The first-order valence-corrected chi connectivity index (χ1v) is 12.2. The molecule has 0 bridgehead atoms. The SMILES string of the molecule is Cc1nc(-c2ccc(-c3cccnc3)cc2)nc(-c2cc(-c3ccccc3)cc(-c3ccccc3)c2)n1. The van der Waals surface area contributed by atoms with Gasteiger partial charge in [-0.25, -0.2) is 15.0 Å². The van der Waals surface area contributed by atoms with Crippen LogP contribution in [0.3, 0.4) is 0 Å². The second-order valence-electron chi connectivity index (χ2n) is 8.88. The summed E-state index contributed by atoms with van der Waals surface area (Å²) in [5, 5.41) is 0. The second kappa shape index (κ2) is 9.96. The average molecular weight is 477 g/mol. The van der Waals surface area contributed by atoms with Gasteiger partial charge in [0.15, 0.2) is 11.6 Å². The first kappa shape index (κ1) is 22.5. The Labute approximate surface area is 216 Å². The molecule has 4 heteroatoms. The lowest BCUT2D eigenvalue weighted by Crippen LogP contribution is -2.00. The van der Waals surface area contributed by atoms with Crippen LogP contribution < -0.4 is 0 Å². The Morgan fingerprint density at radius 2 is 0.892 bits per heavy atom. The van der Waals surface area contributed by atoms with Crippen molar-refractivity contribution in [2.24, 2.45) is 0 Å². The van der Waals surface area contributed by atoms with Crippen molar-refractivity contribution in [1.29, 1.82) is 0 Å². The zero-order chi connectivity index (χ0) is 25.0. The molecule has 6 aromatic rings. The third kappa shape index (κ3) is 4.91. The minimum atomic E-state index is 0.659. The molecule has 2 heterocycles. The normalized spacial score (nSPS) is 10.8. The summed E-state index contributed by atoms with van der Waals surface area (Å²) >= 11 is 0. The van der Waals surface area contributed by atoms with Crippen LogP contribution in [-0.4, -0.2) is 19.9 Å². The van der Waals surface area contributed by atoms with E-state index in [4.69, 9.17) is 9.97 Å². The van der Waals surface area contributed by atoms with E-state index in [0.29, 0.717) is 17.5 Å². The highest BCUT2D eigenvalue weighted by Crippen LogP contribution is 2.32. The highest BCUT2D eigenvalue weighted by molar-refractivity contribution is 5.80. The summed E-state index contributed by atoms with van der Waals surface area (Å²) in [4.78, 5) is 18.5. The number of hydrogen-bond donors (Lipinski definition) is 0. The summed E-state index contributed by atoms with van der Waals surface area (Å²) in [6.45, 7) is 1.91. The van der Waals surface area contributed by atoms with Crippen LogP contribution in [0.4, 0.5) is 0 Å². The van der Waals surface area contributed by atoms with Gasteiger partial charge in [-0.2, -0.15) is 0 Å². The van der Waals surface area contributed by atoms with Crippen LogP contribution in [0.15, 0.2) is 128 Å². The Hall–Kier alpha value is -4.96. The van der Waals surface area contributed by atoms with E-state index in [9.17, 15) is 0 Å². The van der Waals surface area contributed by atoms with Crippen molar-refractivity contribution in [3.63, 3.8) is 0 Å². The fourth-order valence-corrected chi connectivity index (χ4v) is 4.44. The van der Waals surface area contributed by atoms with Gasteiger partial charge >= 0.3 is 0 Å². The molecule has 176 valence electrons. The fourth-order valence-electron chi connectivity index (χ4n) is 4.44. The number of aryl methyl sites for hydroxylation is 1. The number of rotatable bonds is 5. The molecule has 0 N–H and O–H groups in total. The smallest absolute Gasteiger partial charge is 0.163 e. The molecule has 4 nitrogen and oxygen atoms in total. The monoisotopic (exact) mass is 476 g/mol. The summed E-state index contributed by atoms with van der Waals surface area (Å²) in [6, 6.07) is 39.6. The zero-order valence-electron chi connectivity index (χ0n) is 20.4. The molecule has 0 radical (unpaired) electrons. The maximum absolute atomic E-state index is 4.91. The summed E-state index contributed by atoms with van der Waals surface area (Å²) in [7, 11) is 0. The van der Waals surface area contributed by atoms with Crippen molar-refractivity contribution < 1.29 is 0 Å². The topological polar surface area (TPSA) is 51.6 Å². The molecule has 4 aromatic carbocycles. The summed E-state index contributed by atoms with van der Waals surface area (Å²) in [6.07, 6.45) is 3.65. The van der Waals surface area contributed by atoms with E-state index in [-0.39, 0.29) is 0 Å². The molecule has 0 spiro atoms. The van der Waals surface area contributed by atoms with E-state index in [2.05, 4.69) is 107 Å². The second-order valence-corrected chi connectivity index (χ2v) is 8.88. The largest absolute Gasteiger partial charge is 0.264 e. The van der Waals surface area contributed by atoms with Crippen molar-refractivity contribution in [3.8, 4) is 56.2 Å². The van der Waals surface area contributed by atoms with Crippen molar-refractivity contribution in [3.05, 3.63) is 133 Å². The Kier molecular flexibility index (Phi) is 6.05. The van der Waals surface area contributed by atoms with Gasteiger partial charge in [0.2, 0.25) is 0 Å². The number of hydrogen-bond acceptors (Lipinski definition) is 4. The predicted molar refractivity (Wildman–Crippen MR) is 150 cm³/mol. The van der Waals surface area contributed by atoms with Crippen LogP contribution in [0.1, 0.15) is 5.82 Å². The van der Waals surface area contributed by atoms with Gasteiger partial charge < -0.3 is 0 Å². The zero-order valence-corrected chi connectivity index (χ0v) is 20.4. The van der Waals surface area contributed by atoms with Crippen LogP contribution in [0.25, 0.3) is 56.2 Å². The van der Waals surface area contributed by atoms with Crippen LogP contribution >= 0.6 is 0 Å². The van der Waals surface area contributed by atoms with Crippen LogP contribution in [0, 0.1) is 6.92 Å². The van der Waals surface area contributed by atoms with Crippen molar-refractivity contribution >= 4 is 0 Å². The van der Waals surface area contributed by atoms with Gasteiger partial charge in [-0.15, -0.1) is 0 Å². The Morgan fingerprint density at radius 3 is 1.46 bits per heavy atom. The quantitative estimate of drug-likeness (QED) is 0.254. The van der Waals surface area contributed by atoms with E-state index in [1.165, 1.54) is 0 Å². The highest BCUT2D eigenvalue weighted by atomic mass is 15.0. The molecule has 0 amide bonds. The van der Waals surface area contributed by atoms with E-state index in [0.717, 1.165) is 44.5 Å².